The summed E-state index contributed by atoms with van der Waals surface area (Å²) in [6.07, 6.45) is 1.56. The summed E-state index contributed by atoms with van der Waals surface area (Å²) in [6.45, 7) is 3.79. The van der Waals surface area contributed by atoms with Gasteiger partial charge in [0.25, 0.3) is 0 Å². The molecule has 0 bridgehead atoms. The molecule has 0 aromatic heterocycles. The number of methoxy groups -OCH3 is 3. The highest BCUT2D eigenvalue weighted by atomic mass is 32.3. The van der Waals surface area contributed by atoms with Crippen LogP contribution in [-0.4, -0.2) is 49.7 Å². The van der Waals surface area contributed by atoms with Gasteiger partial charge in [-0.05, 0) is 84.6 Å². The Balaban J connectivity index is 1.67. The van der Waals surface area contributed by atoms with Gasteiger partial charge in [-0.2, -0.15) is 9.35 Å². The van der Waals surface area contributed by atoms with E-state index in [9.17, 15) is 5.02 Å². The van der Waals surface area contributed by atoms with Gasteiger partial charge in [-0.15, -0.1) is 0 Å². The highest BCUT2D eigenvalue weighted by Gasteiger charge is 2.53. The first-order valence-electron chi connectivity index (χ1n) is 15.6. The zero-order valence-electron chi connectivity index (χ0n) is 28.3. The van der Waals surface area contributed by atoms with Gasteiger partial charge in [0.1, 0.15) is 17.2 Å². The third-order valence-corrected chi connectivity index (χ3v) is 12.0. The summed E-state index contributed by atoms with van der Waals surface area (Å²) in [5.41, 5.74) is 1.08. The molecule has 5 rings (SSSR count). The first-order valence-corrected chi connectivity index (χ1v) is 18.1. The van der Waals surface area contributed by atoms with Crippen LogP contribution in [-0.2, 0) is 29.3 Å². The average Bonchev–Trinajstić information content (AvgIpc) is 3.09. The van der Waals surface area contributed by atoms with E-state index in [1.54, 1.807) is 51.9 Å². The van der Waals surface area contributed by atoms with E-state index in [-0.39, 0.29) is 5.75 Å². The standard InChI is InChI=1S/C39H43BO7S/c1-38(2,46-40(41)47-48(6,42,37-15-11-8-12-16-37)29-30-13-9-7-10-14-30)39(31-17-23-34(43-3)24-18-31,32-19-25-35(44-4)26-20-32)33-21-27-36(45-5)28-22-33/h7-28,41H,29H2,1-6H3. The van der Waals surface area contributed by atoms with E-state index >= 15 is 4.21 Å². The third kappa shape index (κ3) is 6.91. The summed E-state index contributed by atoms with van der Waals surface area (Å²) in [6, 6.07) is 41.7. The first-order chi connectivity index (χ1) is 22.9. The van der Waals surface area contributed by atoms with Crippen molar-refractivity contribution in [2.75, 3.05) is 27.6 Å². The minimum absolute atomic E-state index is 0.0451. The van der Waals surface area contributed by atoms with E-state index in [2.05, 4.69) is 0 Å². The van der Waals surface area contributed by atoms with Crippen molar-refractivity contribution in [3.8, 4) is 17.2 Å². The van der Waals surface area contributed by atoms with E-state index in [0.29, 0.717) is 22.1 Å². The van der Waals surface area contributed by atoms with Crippen LogP contribution in [0, 0.1) is 0 Å². The van der Waals surface area contributed by atoms with Crippen LogP contribution in [0.1, 0.15) is 36.1 Å². The van der Waals surface area contributed by atoms with E-state index in [4.69, 9.17) is 23.0 Å². The molecule has 0 aliphatic rings. The molecule has 0 radical (unpaired) electrons. The number of rotatable bonds is 14. The van der Waals surface area contributed by atoms with Crippen LogP contribution in [0.2, 0.25) is 0 Å². The van der Waals surface area contributed by atoms with Gasteiger partial charge >= 0.3 is 7.32 Å². The van der Waals surface area contributed by atoms with Crippen molar-refractivity contribution in [2.45, 2.75) is 35.5 Å². The Bertz CT molecular complexity index is 1730. The molecular formula is C39H43BO7S. The maximum Gasteiger partial charge on any atom is 0.657 e. The van der Waals surface area contributed by atoms with Gasteiger partial charge in [0.05, 0.1) is 43.0 Å². The van der Waals surface area contributed by atoms with E-state index in [0.717, 1.165) is 22.3 Å². The van der Waals surface area contributed by atoms with Crippen molar-refractivity contribution < 1.29 is 32.2 Å². The second kappa shape index (κ2) is 14.0. The van der Waals surface area contributed by atoms with Crippen LogP contribution in [0.4, 0.5) is 0 Å². The van der Waals surface area contributed by atoms with Crippen molar-refractivity contribution in [1.29, 1.82) is 0 Å². The predicted molar refractivity (Wildman–Crippen MR) is 192 cm³/mol. The van der Waals surface area contributed by atoms with E-state index < -0.39 is 27.7 Å². The molecule has 0 atom stereocenters. The normalized spacial score (nSPS) is 12.9. The van der Waals surface area contributed by atoms with Crippen molar-refractivity contribution >= 4 is 16.7 Å². The Kier molecular flexibility index (Phi) is 10.2. The molecule has 9 heteroatoms. The van der Waals surface area contributed by atoms with Crippen molar-refractivity contribution in [3.05, 3.63) is 156 Å². The topological polar surface area (TPSA) is 83.5 Å². The number of hydrogen-bond donors (Lipinski definition) is 1. The van der Waals surface area contributed by atoms with E-state index in [1.807, 2.05) is 123 Å². The zero-order valence-corrected chi connectivity index (χ0v) is 29.1. The highest BCUT2D eigenvalue weighted by Crippen LogP contribution is 2.51. The molecule has 0 aliphatic heterocycles. The maximum absolute atomic E-state index is 15.2. The van der Waals surface area contributed by atoms with Crippen molar-refractivity contribution in [2.24, 2.45) is 0 Å². The monoisotopic (exact) mass is 666 g/mol. The SMILES string of the molecule is COc1ccc(C(c2ccc(OC)cc2)(c2ccc(OC)cc2)C(C)(C)OB(O)OS(C)(=O)(Cc2ccccc2)c2ccccc2)cc1. The summed E-state index contributed by atoms with van der Waals surface area (Å²) in [5.74, 6) is 2.12. The summed E-state index contributed by atoms with van der Waals surface area (Å²) < 4.78 is 44.7. The zero-order chi connectivity index (χ0) is 34.4. The van der Waals surface area contributed by atoms with Crippen LogP contribution < -0.4 is 14.2 Å². The Morgan fingerprint density at radius 3 is 1.35 bits per heavy atom. The van der Waals surface area contributed by atoms with Crippen molar-refractivity contribution in [1.82, 2.24) is 0 Å². The van der Waals surface area contributed by atoms with Gasteiger partial charge in [0.2, 0.25) is 0 Å². The van der Waals surface area contributed by atoms with Crippen molar-refractivity contribution in [3.63, 3.8) is 0 Å². The highest BCUT2D eigenvalue weighted by molar-refractivity contribution is 8.15. The molecule has 1 N–H and O–H groups in total. The van der Waals surface area contributed by atoms with Crippen LogP contribution in [0.25, 0.3) is 0 Å². The molecule has 0 amide bonds. The molecule has 0 aliphatic carbocycles. The first kappa shape index (κ1) is 34.9. The number of hydrogen-bond acceptors (Lipinski definition) is 7. The minimum atomic E-state index is -4.22. The Hall–Kier alpha value is -4.41. The Morgan fingerprint density at radius 2 is 0.979 bits per heavy atom. The fraction of sp³-hybridized carbons (Fsp3) is 0.231. The van der Waals surface area contributed by atoms with Crippen LogP contribution in [0.3, 0.4) is 0 Å². The van der Waals surface area contributed by atoms with E-state index in [1.165, 1.54) is 0 Å². The molecule has 0 heterocycles. The molecule has 48 heavy (non-hydrogen) atoms. The van der Waals surface area contributed by atoms with Gasteiger partial charge < -0.3 is 23.9 Å². The lowest BCUT2D eigenvalue weighted by Gasteiger charge is -2.50. The summed E-state index contributed by atoms with van der Waals surface area (Å²) >= 11 is 0. The summed E-state index contributed by atoms with van der Waals surface area (Å²) in [4.78, 5) is 0.463. The summed E-state index contributed by atoms with van der Waals surface area (Å²) in [5, 5.41) is 11.8. The predicted octanol–water partition coefficient (Wildman–Crippen LogP) is 7.46. The smallest absolute Gasteiger partial charge is 0.497 e. The molecule has 7 nitrogen and oxygen atoms in total. The minimum Gasteiger partial charge on any atom is -0.497 e. The third-order valence-electron chi connectivity index (χ3n) is 8.88. The number of ether oxygens (including phenoxy) is 3. The molecular weight excluding hydrogens is 623 g/mol. The van der Waals surface area contributed by atoms with Gasteiger partial charge in [-0.25, -0.2) is 4.21 Å². The molecule has 0 saturated carbocycles. The largest absolute Gasteiger partial charge is 0.657 e. The lowest BCUT2D eigenvalue weighted by Crippen LogP contribution is -2.55. The van der Waals surface area contributed by atoms with Gasteiger partial charge in [0, 0.05) is 6.26 Å². The molecule has 0 spiro atoms. The maximum atomic E-state index is 15.2. The van der Waals surface area contributed by atoms with Gasteiger partial charge in [-0.1, -0.05) is 84.9 Å². The molecule has 0 saturated heterocycles. The second-order valence-corrected chi connectivity index (χ2v) is 16.2. The lowest BCUT2D eigenvalue weighted by atomic mass is 9.60. The second-order valence-electron chi connectivity index (χ2n) is 12.4. The lowest BCUT2D eigenvalue weighted by molar-refractivity contribution is 0.0138. The quantitative estimate of drug-likeness (QED) is 0.0974. The Morgan fingerprint density at radius 1 is 0.604 bits per heavy atom. The molecule has 0 fully saturated rings. The molecule has 250 valence electrons. The summed E-state index contributed by atoms with van der Waals surface area (Å²) in [7, 11) is -1.24. The van der Waals surface area contributed by atoms with Crippen LogP contribution in [0.5, 0.6) is 17.2 Å². The average molecular weight is 667 g/mol. The molecule has 0 unspecified atom stereocenters. The van der Waals surface area contributed by atoms with Gasteiger partial charge in [0.15, 0.2) is 0 Å². The van der Waals surface area contributed by atoms with Crippen LogP contribution >= 0.6 is 0 Å². The fourth-order valence-electron chi connectivity index (χ4n) is 6.54. The fourth-order valence-corrected chi connectivity index (χ4v) is 9.16. The number of benzene rings is 5. The molecule has 5 aromatic rings. The Labute approximate surface area is 284 Å². The molecule has 5 aromatic carbocycles. The van der Waals surface area contributed by atoms with Gasteiger partial charge in [-0.3, -0.25) is 4.10 Å². The van der Waals surface area contributed by atoms with Crippen LogP contribution in [0.15, 0.2) is 138 Å².